The molecule has 1 aromatic carbocycles. The molecule has 2 aromatic rings. The Morgan fingerprint density at radius 1 is 1.21 bits per heavy atom. The second kappa shape index (κ2) is 10.5. The lowest BCUT2D eigenvalue weighted by atomic mass is 10.1. The van der Waals surface area contributed by atoms with E-state index in [9.17, 15) is 9.59 Å². The molecule has 152 valence electrons. The number of aromatic nitrogens is 3. The van der Waals surface area contributed by atoms with Gasteiger partial charge in [-0.2, -0.15) is 0 Å². The first kappa shape index (κ1) is 22.2. The molecule has 2 amide bonds. The van der Waals surface area contributed by atoms with Crippen LogP contribution in [0.15, 0.2) is 29.4 Å². The topological polar surface area (TPSA) is 103 Å². The molecule has 9 heteroatoms. The molecule has 0 spiro atoms. The molecule has 1 aromatic heterocycles. The molecular weight excluding hydrogens is 398 g/mol. The Morgan fingerprint density at radius 3 is 2.50 bits per heavy atom. The second-order valence-electron chi connectivity index (χ2n) is 7.00. The zero-order valence-corrected chi connectivity index (χ0v) is 17.9. The van der Waals surface area contributed by atoms with Crippen LogP contribution in [0.3, 0.4) is 0 Å². The summed E-state index contributed by atoms with van der Waals surface area (Å²) in [6.45, 7) is 6.82. The minimum atomic E-state index is -0.371. The Morgan fingerprint density at radius 2 is 1.89 bits per heavy atom. The maximum Gasteiger partial charge on any atom is 0.230 e. The van der Waals surface area contributed by atoms with E-state index in [1.165, 1.54) is 11.8 Å². The van der Waals surface area contributed by atoms with Crippen LogP contribution in [0.25, 0.3) is 0 Å². The summed E-state index contributed by atoms with van der Waals surface area (Å²) < 4.78 is 1.97. The van der Waals surface area contributed by atoms with Gasteiger partial charge in [-0.3, -0.25) is 9.59 Å². The van der Waals surface area contributed by atoms with Crippen molar-refractivity contribution in [2.45, 2.75) is 51.4 Å². The van der Waals surface area contributed by atoms with Gasteiger partial charge in [0.15, 0.2) is 5.16 Å². The molecule has 0 aliphatic heterocycles. The number of hydrogen-bond acceptors (Lipinski definition) is 5. The van der Waals surface area contributed by atoms with Crippen molar-refractivity contribution in [3.05, 3.63) is 40.7 Å². The van der Waals surface area contributed by atoms with Crippen molar-refractivity contribution in [3.63, 3.8) is 0 Å². The highest BCUT2D eigenvalue weighted by Crippen LogP contribution is 2.20. The van der Waals surface area contributed by atoms with Gasteiger partial charge in [0.1, 0.15) is 5.82 Å². The lowest BCUT2D eigenvalue weighted by Crippen LogP contribution is -2.28. The summed E-state index contributed by atoms with van der Waals surface area (Å²) in [7, 11) is 0. The lowest BCUT2D eigenvalue weighted by molar-refractivity contribution is -0.119. The maximum absolute atomic E-state index is 12.3. The summed E-state index contributed by atoms with van der Waals surface area (Å²) in [4.78, 5) is 23.4. The summed E-state index contributed by atoms with van der Waals surface area (Å²) >= 11 is 7.23. The van der Waals surface area contributed by atoms with E-state index in [1.54, 1.807) is 12.1 Å². The van der Waals surface area contributed by atoms with Crippen LogP contribution in [0.1, 0.15) is 44.6 Å². The van der Waals surface area contributed by atoms with E-state index in [1.807, 2.05) is 23.6 Å². The average Bonchev–Trinajstić information content (AvgIpc) is 2.99. The number of carbonyl (C=O) groups excluding carboxylic acids is 2. The third kappa shape index (κ3) is 6.83. The first-order valence-corrected chi connectivity index (χ1v) is 10.5. The van der Waals surface area contributed by atoms with Gasteiger partial charge in [0.05, 0.1) is 11.8 Å². The van der Waals surface area contributed by atoms with Crippen molar-refractivity contribution in [2.75, 3.05) is 5.75 Å². The van der Waals surface area contributed by atoms with E-state index in [-0.39, 0.29) is 30.0 Å². The second-order valence-corrected chi connectivity index (χ2v) is 8.38. The van der Waals surface area contributed by atoms with Crippen LogP contribution in [0, 0.1) is 5.92 Å². The van der Waals surface area contributed by atoms with Gasteiger partial charge in [-0.15, -0.1) is 10.2 Å². The molecule has 7 nitrogen and oxygen atoms in total. The highest BCUT2D eigenvalue weighted by molar-refractivity contribution is 7.99. The number of amides is 2. The number of nitrogens with one attached hydrogen (secondary N) is 1. The molecule has 0 saturated carbocycles. The Kier molecular flexibility index (Phi) is 8.32. The van der Waals surface area contributed by atoms with Crippen LogP contribution in [0.2, 0.25) is 5.02 Å². The smallest absolute Gasteiger partial charge is 0.230 e. The number of benzene rings is 1. The number of nitrogens with zero attached hydrogens (tertiary/aromatic N) is 3. The summed E-state index contributed by atoms with van der Waals surface area (Å²) in [6, 6.07) is 7.27. The fraction of sp³-hybridized carbons (Fsp3) is 0.474. The molecule has 0 aliphatic rings. The molecule has 3 N–H and O–H groups in total. The maximum atomic E-state index is 12.3. The first-order valence-electron chi connectivity index (χ1n) is 9.14. The highest BCUT2D eigenvalue weighted by atomic mass is 35.5. The zero-order chi connectivity index (χ0) is 20.7. The van der Waals surface area contributed by atoms with E-state index in [2.05, 4.69) is 29.4 Å². The van der Waals surface area contributed by atoms with Crippen molar-refractivity contribution < 1.29 is 9.59 Å². The number of nitrogens with two attached hydrogens (primary N) is 1. The van der Waals surface area contributed by atoms with Crippen LogP contribution in [0.4, 0.5) is 0 Å². The van der Waals surface area contributed by atoms with Crippen LogP contribution >= 0.6 is 23.4 Å². The Balaban J connectivity index is 1.97. The van der Waals surface area contributed by atoms with E-state index >= 15 is 0 Å². The van der Waals surface area contributed by atoms with E-state index in [0.29, 0.717) is 34.9 Å². The van der Waals surface area contributed by atoms with Gasteiger partial charge in [-0.05, 0) is 30.5 Å². The summed E-state index contributed by atoms with van der Waals surface area (Å²) in [5.41, 5.74) is 6.22. The van der Waals surface area contributed by atoms with Crippen LogP contribution in [-0.2, 0) is 22.6 Å². The number of halogens is 1. The molecule has 1 unspecified atom stereocenters. The minimum absolute atomic E-state index is 0.0924. The van der Waals surface area contributed by atoms with Gasteiger partial charge in [0.25, 0.3) is 0 Å². The molecule has 0 bridgehead atoms. The molecule has 1 atom stereocenters. The largest absolute Gasteiger partial charge is 0.370 e. The van der Waals surface area contributed by atoms with Gasteiger partial charge < -0.3 is 15.6 Å². The fourth-order valence-corrected chi connectivity index (χ4v) is 3.55. The van der Waals surface area contributed by atoms with Crippen molar-refractivity contribution >= 4 is 35.2 Å². The summed E-state index contributed by atoms with van der Waals surface area (Å²) in [5.74, 6) is 0.852. The van der Waals surface area contributed by atoms with Gasteiger partial charge in [0.2, 0.25) is 11.8 Å². The summed E-state index contributed by atoms with van der Waals surface area (Å²) in [5, 5.41) is 12.7. The average molecular weight is 424 g/mol. The summed E-state index contributed by atoms with van der Waals surface area (Å²) in [6.07, 6.45) is 0.662. The van der Waals surface area contributed by atoms with Gasteiger partial charge in [-0.1, -0.05) is 49.3 Å². The van der Waals surface area contributed by atoms with Crippen molar-refractivity contribution in [2.24, 2.45) is 11.7 Å². The highest BCUT2D eigenvalue weighted by Gasteiger charge is 2.17. The van der Waals surface area contributed by atoms with Crippen molar-refractivity contribution in [1.82, 2.24) is 20.1 Å². The molecule has 28 heavy (non-hydrogen) atoms. The van der Waals surface area contributed by atoms with Crippen LogP contribution < -0.4 is 11.1 Å². The first-order chi connectivity index (χ1) is 13.3. The third-order valence-electron chi connectivity index (χ3n) is 4.02. The number of primary amides is 1. The van der Waals surface area contributed by atoms with Gasteiger partial charge >= 0.3 is 0 Å². The lowest BCUT2D eigenvalue weighted by Gasteiger charge is -2.15. The quantitative estimate of drug-likeness (QED) is 0.572. The minimum Gasteiger partial charge on any atom is -0.370 e. The third-order valence-corrected chi connectivity index (χ3v) is 5.23. The predicted molar refractivity (Wildman–Crippen MR) is 111 cm³/mol. The Hall–Kier alpha value is -2.06. The molecule has 2 rings (SSSR count). The van der Waals surface area contributed by atoms with E-state index < -0.39 is 0 Å². The number of hydrogen-bond donors (Lipinski definition) is 2. The van der Waals surface area contributed by atoms with E-state index in [4.69, 9.17) is 17.3 Å². The molecule has 0 saturated heterocycles. The van der Waals surface area contributed by atoms with E-state index in [0.717, 1.165) is 5.56 Å². The fourth-order valence-electron chi connectivity index (χ4n) is 2.64. The monoisotopic (exact) mass is 423 g/mol. The van der Waals surface area contributed by atoms with Crippen LogP contribution in [-0.4, -0.2) is 32.3 Å². The Bertz CT molecular complexity index is 807. The molecule has 0 fully saturated rings. The molecule has 1 heterocycles. The Labute approximate surface area is 174 Å². The SMILES string of the molecule is CC(C)Cn1c(CCC(N)=O)nnc1SCC(=O)NC(C)c1ccc(Cl)cc1. The standard InChI is InChI=1S/C19H26ClN5O2S/c1-12(2)10-25-17(9-8-16(21)26)23-24-19(25)28-11-18(27)22-13(3)14-4-6-15(20)7-5-14/h4-7,12-13H,8-11H2,1-3H3,(H2,21,26)(H,22,27). The molecule has 0 radical (unpaired) electrons. The van der Waals surface area contributed by atoms with Gasteiger partial charge in [0, 0.05) is 24.4 Å². The number of carbonyl (C=O) groups is 2. The molecule has 0 aliphatic carbocycles. The van der Waals surface area contributed by atoms with Crippen molar-refractivity contribution in [3.8, 4) is 0 Å². The predicted octanol–water partition coefficient (Wildman–Crippen LogP) is 2.97. The van der Waals surface area contributed by atoms with Gasteiger partial charge in [-0.25, -0.2) is 0 Å². The van der Waals surface area contributed by atoms with Crippen LogP contribution in [0.5, 0.6) is 0 Å². The van der Waals surface area contributed by atoms with Crippen molar-refractivity contribution in [1.29, 1.82) is 0 Å². The number of aryl methyl sites for hydroxylation is 1. The number of thioether (sulfide) groups is 1. The zero-order valence-electron chi connectivity index (χ0n) is 16.3. The number of rotatable bonds is 10. The molecular formula is C19H26ClN5O2S. The normalized spacial score (nSPS) is 12.2.